The minimum Gasteiger partial charge on any atom is -0.383 e. The average Bonchev–Trinajstić information content (AvgIpc) is 2.82. The van der Waals surface area contributed by atoms with Crippen LogP contribution in [-0.4, -0.2) is 16.2 Å². The van der Waals surface area contributed by atoms with Crippen LogP contribution in [0.15, 0.2) is 36.5 Å². The molecule has 2 N–H and O–H groups in total. The topological polar surface area (TPSA) is 40.7 Å². The fourth-order valence-corrected chi connectivity index (χ4v) is 2.21. The van der Waals surface area contributed by atoms with E-state index in [1.165, 1.54) is 12.1 Å². The highest BCUT2D eigenvalue weighted by Crippen LogP contribution is 2.20. The Balaban J connectivity index is 2.00. The molecule has 2 aromatic rings. The van der Waals surface area contributed by atoms with Gasteiger partial charge in [0.15, 0.2) is 0 Å². The van der Waals surface area contributed by atoms with Crippen LogP contribution in [0, 0.1) is 5.92 Å². The van der Waals surface area contributed by atoms with Crippen molar-refractivity contribution in [2.75, 3.05) is 5.32 Å². The first kappa shape index (κ1) is 12.7. The number of aromatic amines is 1. The Hall–Kier alpha value is -1.77. The summed E-state index contributed by atoms with van der Waals surface area (Å²) in [5.41, 5.74) is 3.39. The second kappa shape index (κ2) is 5.71. The Kier molecular flexibility index (Phi) is 4.03. The van der Waals surface area contributed by atoms with E-state index >= 15 is 0 Å². The maximum Gasteiger partial charge on any atom is 0.0650 e. The monoisotopic (exact) mass is 243 g/mol. The van der Waals surface area contributed by atoms with E-state index in [9.17, 15) is 0 Å². The normalized spacial score (nSPS) is 12.7. The van der Waals surface area contributed by atoms with Gasteiger partial charge in [-0.2, -0.15) is 5.10 Å². The zero-order chi connectivity index (χ0) is 13.0. The van der Waals surface area contributed by atoms with Crippen molar-refractivity contribution in [3.8, 4) is 11.3 Å². The standard InChI is InChI=1S/C15H21N3/c1-11(2)10-12(3)17-14-6-4-13(5-7-14)15-8-9-16-18-15/h4-9,11-12,17H,10H2,1-3H3,(H,16,18). The third kappa shape index (κ3) is 3.36. The Labute approximate surface area is 109 Å². The molecule has 3 nitrogen and oxygen atoms in total. The van der Waals surface area contributed by atoms with Crippen LogP contribution < -0.4 is 5.32 Å². The predicted octanol–water partition coefficient (Wildman–Crippen LogP) is 3.92. The number of benzene rings is 1. The quantitative estimate of drug-likeness (QED) is 0.835. The minimum absolute atomic E-state index is 0.503. The molecule has 1 atom stereocenters. The first-order valence-corrected chi connectivity index (χ1v) is 6.51. The van der Waals surface area contributed by atoms with Crippen molar-refractivity contribution in [3.05, 3.63) is 36.5 Å². The molecule has 0 bridgehead atoms. The van der Waals surface area contributed by atoms with E-state index < -0.39 is 0 Å². The van der Waals surface area contributed by atoms with E-state index in [1.807, 2.05) is 6.07 Å². The van der Waals surface area contributed by atoms with Crippen molar-refractivity contribution in [2.45, 2.75) is 33.2 Å². The summed E-state index contributed by atoms with van der Waals surface area (Å²) in [5.74, 6) is 0.719. The van der Waals surface area contributed by atoms with Gasteiger partial charge in [-0.25, -0.2) is 0 Å². The number of anilines is 1. The fraction of sp³-hybridized carbons (Fsp3) is 0.400. The Morgan fingerprint density at radius 3 is 2.39 bits per heavy atom. The van der Waals surface area contributed by atoms with Gasteiger partial charge in [-0.15, -0.1) is 0 Å². The highest BCUT2D eigenvalue weighted by molar-refractivity contribution is 5.62. The van der Waals surface area contributed by atoms with Gasteiger partial charge in [0, 0.05) is 17.9 Å². The third-order valence-corrected chi connectivity index (χ3v) is 2.93. The molecule has 0 amide bonds. The molecule has 0 fully saturated rings. The van der Waals surface area contributed by atoms with Gasteiger partial charge in [-0.05, 0) is 43.0 Å². The van der Waals surface area contributed by atoms with Crippen LogP contribution in [0.1, 0.15) is 27.2 Å². The molecule has 2 rings (SSSR count). The second-order valence-corrected chi connectivity index (χ2v) is 5.22. The highest BCUT2D eigenvalue weighted by atomic mass is 15.1. The molecule has 1 aromatic heterocycles. The van der Waals surface area contributed by atoms with E-state index in [0.717, 1.165) is 17.2 Å². The maximum atomic E-state index is 3.96. The zero-order valence-electron chi connectivity index (χ0n) is 11.3. The SMILES string of the molecule is CC(C)CC(C)Nc1ccc(-c2ccn[nH]2)cc1. The molecule has 1 unspecified atom stereocenters. The van der Waals surface area contributed by atoms with E-state index in [1.54, 1.807) is 6.20 Å². The highest BCUT2D eigenvalue weighted by Gasteiger charge is 2.05. The number of hydrogen-bond acceptors (Lipinski definition) is 2. The zero-order valence-corrected chi connectivity index (χ0v) is 11.3. The van der Waals surface area contributed by atoms with Gasteiger partial charge < -0.3 is 5.32 Å². The Morgan fingerprint density at radius 1 is 1.11 bits per heavy atom. The molecule has 0 radical (unpaired) electrons. The molecule has 0 aliphatic carbocycles. The van der Waals surface area contributed by atoms with Crippen LogP contribution in [0.5, 0.6) is 0 Å². The lowest BCUT2D eigenvalue weighted by Gasteiger charge is -2.17. The van der Waals surface area contributed by atoms with Gasteiger partial charge in [0.25, 0.3) is 0 Å². The van der Waals surface area contributed by atoms with Crippen molar-refractivity contribution in [2.24, 2.45) is 5.92 Å². The molecule has 1 aromatic carbocycles. The predicted molar refractivity (Wildman–Crippen MR) is 76.6 cm³/mol. The van der Waals surface area contributed by atoms with Crippen LogP contribution in [0.3, 0.4) is 0 Å². The molecule has 96 valence electrons. The van der Waals surface area contributed by atoms with Gasteiger partial charge in [0.2, 0.25) is 0 Å². The van der Waals surface area contributed by atoms with E-state index in [4.69, 9.17) is 0 Å². The summed E-state index contributed by atoms with van der Waals surface area (Å²) in [5, 5.41) is 10.5. The number of hydrogen-bond donors (Lipinski definition) is 2. The van der Waals surface area contributed by atoms with Crippen LogP contribution in [0.4, 0.5) is 5.69 Å². The smallest absolute Gasteiger partial charge is 0.0650 e. The minimum atomic E-state index is 0.503. The molecule has 0 aliphatic rings. The van der Waals surface area contributed by atoms with Gasteiger partial charge in [0.05, 0.1) is 5.69 Å². The number of rotatable bonds is 5. The van der Waals surface area contributed by atoms with Crippen LogP contribution in [0.2, 0.25) is 0 Å². The second-order valence-electron chi connectivity index (χ2n) is 5.22. The molecule has 3 heteroatoms. The summed E-state index contributed by atoms with van der Waals surface area (Å²) in [6.45, 7) is 6.72. The van der Waals surface area contributed by atoms with E-state index in [2.05, 4.69) is 60.6 Å². The number of nitrogens with one attached hydrogen (secondary N) is 2. The first-order valence-electron chi connectivity index (χ1n) is 6.51. The third-order valence-electron chi connectivity index (χ3n) is 2.93. The molecule has 18 heavy (non-hydrogen) atoms. The van der Waals surface area contributed by atoms with Crippen molar-refractivity contribution < 1.29 is 0 Å². The maximum absolute atomic E-state index is 3.96. The molecule has 0 saturated carbocycles. The molecule has 0 aliphatic heterocycles. The average molecular weight is 243 g/mol. The van der Waals surface area contributed by atoms with Gasteiger partial charge in [0.1, 0.15) is 0 Å². The molecular weight excluding hydrogens is 222 g/mol. The van der Waals surface area contributed by atoms with Crippen LogP contribution >= 0.6 is 0 Å². The van der Waals surface area contributed by atoms with Gasteiger partial charge >= 0.3 is 0 Å². The fourth-order valence-electron chi connectivity index (χ4n) is 2.21. The van der Waals surface area contributed by atoms with Crippen molar-refractivity contribution in [1.29, 1.82) is 0 Å². The van der Waals surface area contributed by atoms with Crippen LogP contribution in [-0.2, 0) is 0 Å². The van der Waals surface area contributed by atoms with Crippen molar-refractivity contribution in [3.63, 3.8) is 0 Å². The number of H-pyrrole nitrogens is 1. The van der Waals surface area contributed by atoms with Gasteiger partial charge in [-0.3, -0.25) is 5.10 Å². The summed E-state index contributed by atoms with van der Waals surface area (Å²) in [4.78, 5) is 0. The summed E-state index contributed by atoms with van der Waals surface area (Å²) in [6, 6.07) is 10.9. The Bertz CT molecular complexity index is 457. The van der Waals surface area contributed by atoms with E-state index in [0.29, 0.717) is 6.04 Å². The van der Waals surface area contributed by atoms with E-state index in [-0.39, 0.29) is 0 Å². The number of aromatic nitrogens is 2. The molecular formula is C15H21N3. The summed E-state index contributed by atoms with van der Waals surface area (Å²) >= 11 is 0. The molecule has 1 heterocycles. The largest absolute Gasteiger partial charge is 0.383 e. The lowest BCUT2D eigenvalue weighted by Crippen LogP contribution is -2.17. The Morgan fingerprint density at radius 2 is 1.83 bits per heavy atom. The summed E-state index contributed by atoms with van der Waals surface area (Å²) in [7, 11) is 0. The molecule has 0 saturated heterocycles. The van der Waals surface area contributed by atoms with Gasteiger partial charge in [-0.1, -0.05) is 26.0 Å². The van der Waals surface area contributed by atoms with Crippen molar-refractivity contribution >= 4 is 5.69 Å². The summed E-state index contributed by atoms with van der Waals surface area (Å²) < 4.78 is 0. The first-order chi connectivity index (χ1) is 8.65. The van der Waals surface area contributed by atoms with Crippen LogP contribution in [0.25, 0.3) is 11.3 Å². The van der Waals surface area contributed by atoms with Crippen molar-refractivity contribution in [1.82, 2.24) is 10.2 Å². The molecule has 0 spiro atoms. The lowest BCUT2D eigenvalue weighted by atomic mass is 10.0. The number of nitrogens with zero attached hydrogens (tertiary/aromatic N) is 1. The lowest BCUT2D eigenvalue weighted by molar-refractivity contribution is 0.540. The summed E-state index contributed by atoms with van der Waals surface area (Å²) in [6.07, 6.45) is 2.95.